The van der Waals surface area contributed by atoms with Gasteiger partial charge >= 0.3 is 6.36 Å². The van der Waals surface area contributed by atoms with Gasteiger partial charge in [0.1, 0.15) is 16.5 Å². The Morgan fingerprint density at radius 1 is 0.933 bits per heavy atom. The van der Waals surface area contributed by atoms with Crippen molar-refractivity contribution in [3.63, 3.8) is 0 Å². The summed E-state index contributed by atoms with van der Waals surface area (Å²) in [7, 11) is 0. The maximum Gasteiger partial charge on any atom is 0.573 e. The van der Waals surface area contributed by atoms with E-state index in [1.165, 1.54) is 35.6 Å². The third-order valence-electron chi connectivity index (χ3n) is 4.16. The van der Waals surface area contributed by atoms with Crippen LogP contribution in [-0.4, -0.2) is 16.5 Å². The highest BCUT2D eigenvalue weighted by Crippen LogP contribution is 2.36. The highest BCUT2D eigenvalue weighted by molar-refractivity contribution is 7.21. The van der Waals surface area contributed by atoms with E-state index in [1.807, 2.05) is 19.1 Å². The number of hydrogen-bond acceptors (Lipinski definition) is 6. The highest BCUT2D eigenvalue weighted by atomic mass is 32.1. The number of aromatic nitrogens is 1. The molecule has 4 rings (SSSR count). The molecule has 0 aliphatic carbocycles. The summed E-state index contributed by atoms with van der Waals surface area (Å²) in [6.07, 6.45) is -4.74. The second kappa shape index (κ2) is 7.75. The van der Waals surface area contributed by atoms with E-state index >= 15 is 0 Å². The third-order valence-corrected chi connectivity index (χ3v) is 5.23. The number of alkyl halides is 3. The third kappa shape index (κ3) is 4.57. The number of nitrogens with zero attached hydrogens (tertiary/aromatic N) is 3. The van der Waals surface area contributed by atoms with Crippen molar-refractivity contribution in [3.8, 4) is 22.1 Å². The molecule has 0 saturated heterocycles. The molecule has 0 unspecified atom stereocenters. The van der Waals surface area contributed by atoms with Crippen molar-refractivity contribution in [3.05, 3.63) is 66.2 Å². The smallest absolute Gasteiger partial charge is 0.508 e. The molecule has 0 aliphatic heterocycles. The van der Waals surface area contributed by atoms with Crippen LogP contribution in [0, 0.1) is 6.92 Å². The van der Waals surface area contributed by atoms with E-state index in [2.05, 4.69) is 19.9 Å². The number of ether oxygens (including phenoxy) is 1. The van der Waals surface area contributed by atoms with Crippen molar-refractivity contribution in [2.24, 2.45) is 10.2 Å². The molecule has 1 N–H and O–H groups in total. The predicted octanol–water partition coefficient (Wildman–Crippen LogP) is 7.29. The van der Waals surface area contributed by atoms with Crippen LogP contribution in [0.25, 0.3) is 20.8 Å². The molecule has 3 aromatic carbocycles. The van der Waals surface area contributed by atoms with Gasteiger partial charge in [-0.3, -0.25) is 0 Å². The summed E-state index contributed by atoms with van der Waals surface area (Å²) < 4.78 is 42.0. The quantitative estimate of drug-likeness (QED) is 0.346. The second-order valence-electron chi connectivity index (χ2n) is 6.41. The molecule has 0 bridgehead atoms. The first-order valence-corrected chi connectivity index (χ1v) is 9.57. The fourth-order valence-electron chi connectivity index (χ4n) is 2.80. The lowest BCUT2D eigenvalue weighted by molar-refractivity contribution is -0.274. The number of rotatable bonds is 4. The summed E-state index contributed by atoms with van der Waals surface area (Å²) in [5, 5.41) is 18.3. The van der Waals surface area contributed by atoms with Crippen LogP contribution in [0.3, 0.4) is 0 Å². The van der Waals surface area contributed by atoms with Crippen LogP contribution in [0.5, 0.6) is 11.5 Å². The van der Waals surface area contributed by atoms with Gasteiger partial charge in [-0.15, -0.1) is 24.5 Å². The average molecular weight is 429 g/mol. The van der Waals surface area contributed by atoms with Crippen molar-refractivity contribution in [2.45, 2.75) is 13.3 Å². The summed E-state index contributed by atoms with van der Waals surface area (Å²) in [4.78, 5) is 4.46. The van der Waals surface area contributed by atoms with Gasteiger partial charge in [-0.25, -0.2) is 4.98 Å². The van der Waals surface area contributed by atoms with Gasteiger partial charge in [0, 0.05) is 11.6 Å². The number of hydrogen-bond donors (Lipinski definition) is 1. The van der Waals surface area contributed by atoms with E-state index < -0.39 is 6.36 Å². The first-order chi connectivity index (χ1) is 14.3. The Bertz CT molecular complexity index is 1230. The SMILES string of the molecule is Cc1cc(N=Nc2ccc(O)cc2)ccc1-c1nc2cc(OC(F)(F)F)ccc2s1. The van der Waals surface area contributed by atoms with Crippen molar-refractivity contribution in [2.75, 3.05) is 0 Å². The normalized spacial score (nSPS) is 12.0. The molecule has 9 heteroatoms. The molecule has 152 valence electrons. The zero-order valence-corrected chi connectivity index (χ0v) is 16.3. The molecule has 0 amide bonds. The van der Waals surface area contributed by atoms with Crippen LogP contribution in [0.15, 0.2) is 70.9 Å². The average Bonchev–Trinajstić information content (AvgIpc) is 3.09. The molecular formula is C21H14F3N3O2S. The Labute approximate surface area is 173 Å². The van der Waals surface area contributed by atoms with Crippen LogP contribution < -0.4 is 4.74 Å². The lowest BCUT2D eigenvalue weighted by Gasteiger charge is -2.07. The Kier molecular flexibility index (Phi) is 5.13. The minimum atomic E-state index is -4.74. The lowest BCUT2D eigenvalue weighted by Crippen LogP contribution is -2.16. The van der Waals surface area contributed by atoms with Crippen molar-refractivity contribution in [1.82, 2.24) is 4.98 Å². The summed E-state index contributed by atoms with van der Waals surface area (Å²) in [5.41, 5.74) is 3.46. The maximum absolute atomic E-state index is 12.4. The Balaban J connectivity index is 1.59. The van der Waals surface area contributed by atoms with E-state index in [4.69, 9.17) is 0 Å². The molecule has 0 aliphatic rings. The van der Waals surface area contributed by atoms with Gasteiger partial charge in [0.15, 0.2) is 0 Å². The molecule has 0 spiro atoms. The summed E-state index contributed by atoms with van der Waals surface area (Å²) in [6.45, 7) is 1.90. The number of phenolic OH excluding ortho intramolecular Hbond substituents is 1. The molecule has 1 aromatic heterocycles. The summed E-state index contributed by atoms with van der Waals surface area (Å²) in [6, 6.07) is 16.0. The molecule has 0 saturated carbocycles. The van der Waals surface area contributed by atoms with Crippen LogP contribution in [0.1, 0.15) is 5.56 Å². The minimum absolute atomic E-state index is 0.155. The maximum atomic E-state index is 12.4. The molecule has 0 atom stereocenters. The Hall–Kier alpha value is -3.46. The number of azo groups is 1. The molecule has 4 aromatic rings. The zero-order chi connectivity index (χ0) is 21.3. The monoisotopic (exact) mass is 429 g/mol. The second-order valence-corrected chi connectivity index (χ2v) is 7.44. The van der Waals surface area contributed by atoms with Gasteiger partial charge in [-0.2, -0.15) is 10.2 Å². The number of fused-ring (bicyclic) bond motifs is 1. The van der Waals surface area contributed by atoms with Crippen LogP contribution in [-0.2, 0) is 0 Å². The van der Waals surface area contributed by atoms with E-state index in [1.54, 1.807) is 24.3 Å². The molecule has 1 heterocycles. The standard InChI is InChI=1S/C21H14F3N3O2S/c1-12-10-14(27-26-13-2-5-15(28)6-3-13)4-8-17(12)20-25-18-11-16(29-21(22,23)24)7-9-19(18)30-20/h2-11,28H,1H3. The van der Waals surface area contributed by atoms with Gasteiger partial charge < -0.3 is 9.84 Å². The van der Waals surface area contributed by atoms with E-state index in [0.717, 1.165) is 15.8 Å². The van der Waals surface area contributed by atoms with E-state index in [-0.39, 0.29) is 11.5 Å². The Morgan fingerprint density at radius 3 is 2.33 bits per heavy atom. The molecule has 5 nitrogen and oxygen atoms in total. The minimum Gasteiger partial charge on any atom is -0.508 e. The van der Waals surface area contributed by atoms with Crippen molar-refractivity contribution < 1.29 is 23.0 Å². The highest BCUT2D eigenvalue weighted by Gasteiger charge is 2.31. The van der Waals surface area contributed by atoms with Gasteiger partial charge in [0.2, 0.25) is 0 Å². The lowest BCUT2D eigenvalue weighted by atomic mass is 10.1. The summed E-state index contributed by atoms with van der Waals surface area (Å²) >= 11 is 1.38. The number of thiazole rings is 1. The van der Waals surface area contributed by atoms with Gasteiger partial charge in [0.25, 0.3) is 0 Å². The van der Waals surface area contributed by atoms with Gasteiger partial charge in [0.05, 0.1) is 21.6 Å². The van der Waals surface area contributed by atoms with Crippen molar-refractivity contribution in [1.29, 1.82) is 0 Å². The van der Waals surface area contributed by atoms with E-state index in [0.29, 0.717) is 21.9 Å². The van der Waals surface area contributed by atoms with Crippen molar-refractivity contribution >= 4 is 32.9 Å². The van der Waals surface area contributed by atoms with Gasteiger partial charge in [-0.1, -0.05) is 0 Å². The number of phenols is 1. The number of aryl methyl sites for hydroxylation is 1. The molecule has 30 heavy (non-hydrogen) atoms. The fourth-order valence-corrected chi connectivity index (χ4v) is 3.84. The first-order valence-electron chi connectivity index (χ1n) is 8.75. The van der Waals surface area contributed by atoms with Crippen LogP contribution in [0.2, 0.25) is 0 Å². The fraction of sp³-hybridized carbons (Fsp3) is 0.0952. The Morgan fingerprint density at radius 2 is 1.63 bits per heavy atom. The van der Waals surface area contributed by atoms with Gasteiger partial charge in [-0.05, 0) is 67.1 Å². The van der Waals surface area contributed by atoms with Crippen LogP contribution >= 0.6 is 11.3 Å². The molecule has 0 radical (unpaired) electrons. The molecule has 0 fully saturated rings. The number of halogens is 3. The molecular weight excluding hydrogens is 415 g/mol. The summed E-state index contributed by atoms with van der Waals surface area (Å²) in [5.74, 6) is -0.143. The largest absolute Gasteiger partial charge is 0.573 e. The number of aromatic hydroxyl groups is 1. The van der Waals surface area contributed by atoms with Crippen LogP contribution in [0.4, 0.5) is 24.5 Å². The zero-order valence-electron chi connectivity index (χ0n) is 15.5. The number of benzene rings is 3. The first kappa shape index (κ1) is 19.8. The predicted molar refractivity (Wildman–Crippen MR) is 109 cm³/mol. The topological polar surface area (TPSA) is 67.1 Å². The van der Waals surface area contributed by atoms with E-state index in [9.17, 15) is 18.3 Å².